The van der Waals surface area contributed by atoms with Crippen molar-refractivity contribution < 1.29 is 13.2 Å². The number of rotatable bonds is 1. The fourth-order valence-electron chi connectivity index (χ4n) is 2.51. The first-order valence-electron chi connectivity index (χ1n) is 6.61. The van der Waals surface area contributed by atoms with Crippen molar-refractivity contribution in [3.05, 3.63) is 70.8 Å². The van der Waals surface area contributed by atoms with Crippen molar-refractivity contribution in [3.63, 3.8) is 0 Å². The molecule has 0 aliphatic carbocycles. The average molecular weight is 298 g/mol. The Hall–Kier alpha value is -2.20. The second-order valence-corrected chi connectivity index (χ2v) is 7.13. The number of carbonyl (C=O) groups is 1. The van der Waals surface area contributed by atoms with E-state index in [1.807, 2.05) is 31.2 Å². The summed E-state index contributed by atoms with van der Waals surface area (Å²) in [5, 5.41) is 0. The SMILES string of the molecule is Cc1cccc(/C=C2\CS(=O)(=O)c3ccccc3C2=O)c1. The zero-order valence-electron chi connectivity index (χ0n) is 11.5. The van der Waals surface area contributed by atoms with Gasteiger partial charge in [0, 0.05) is 11.1 Å². The highest BCUT2D eigenvalue weighted by Crippen LogP contribution is 2.28. The minimum Gasteiger partial charge on any atom is -0.289 e. The molecular formula is C17H14O3S. The van der Waals surface area contributed by atoms with Gasteiger partial charge in [0.05, 0.1) is 10.6 Å². The van der Waals surface area contributed by atoms with Crippen LogP contribution in [-0.2, 0) is 9.84 Å². The first kappa shape index (κ1) is 13.8. The van der Waals surface area contributed by atoms with Gasteiger partial charge in [0.15, 0.2) is 15.6 Å². The molecule has 1 aliphatic rings. The Bertz CT molecular complexity index is 861. The summed E-state index contributed by atoms with van der Waals surface area (Å²) in [5.41, 5.74) is 2.49. The number of ketones is 1. The lowest BCUT2D eigenvalue weighted by Crippen LogP contribution is -2.24. The Morgan fingerprint density at radius 2 is 1.81 bits per heavy atom. The van der Waals surface area contributed by atoms with Crippen molar-refractivity contribution in [2.45, 2.75) is 11.8 Å². The summed E-state index contributed by atoms with van der Waals surface area (Å²) in [6, 6.07) is 14.0. The number of hydrogen-bond donors (Lipinski definition) is 0. The summed E-state index contributed by atoms with van der Waals surface area (Å²) in [6.07, 6.45) is 1.67. The van der Waals surface area contributed by atoms with Gasteiger partial charge in [-0.1, -0.05) is 42.0 Å². The quantitative estimate of drug-likeness (QED) is 0.760. The van der Waals surface area contributed by atoms with Crippen LogP contribution in [0, 0.1) is 6.92 Å². The van der Waals surface area contributed by atoms with Crippen molar-refractivity contribution in [2.75, 3.05) is 5.75 Å². The van der Waals surface area contributed by atoms with E-state index < -0.39 is 9.84 Å². The smallest absolute Gasteiger partial charge is 0.191 e. The molecule has 0 radical (unpaired) electrons. The first-order chi connectivity index (χ1) is 9.97. The predicted octanol–water partition coefficient (Wildman–Crippen LogP) is 3.05. The van der Waals surface area contributed by atoms with Crippen LogP contribution in [0.4, 0.5) is 0 Å². The number of hydrogen-bond acceptors (Lipinski definition) is 3. The molecule has 0 fully saturated rings. The summed E-state index contributed by atoms with van der Waals surface area (Å²) in [4.78, 5) is 12.6. The number of sulfone groups is 1. The normalized spacial score (nSPS) is 18.5. The lowest BCUT2D eigenvalue weighted by Gasteiger charge is -2.17. The molecule has 0 unspecified atom stereocenters. The highest BCUT2D eigenvalue weighted by molar-refractivity contribution is 7.91. The van der Waals surface area contributed by atoms with Gasteiger partial charge < -0.3 is 0 Å². The van der Waals surface area contributed by atoms with E-state index in [0.717, 1.165) is 11.1 Å². The average Bonchev–Trinajstić information content (AvgIpc) is 2.44. The highest BCUT2D eigenvalue weighted by atomic mass is 32.2. The molecule has 3 nitrogen and oxygen atoms in total. The van der Waals surface area contributed by atoms with E-state index in [-0.39, 0.29) is 22.0 Å². The maximum Gasteiger partial charge on any atom is 0.191 e. The number of carbonyl (C=O) groups excluding carboxylic acids is 1. The molecule has 0 aromatic heterocycles. The number of Topliss-reactive ketones (excluding diaryl/α,β-unsaturated/α-hetero) is 1. The molecule has 0 amide bonds. The molecule has 21 heavy (non-hydrogen) atoms. The summed E-state index contributed by atoms with van der Waals surface area (Å²) >= 11 is 0. The van der Waals surface area contributed by atoms with Gasteiger partial charge in [0.25, 0.3) is 0 Å². The van der Waals surface area contributed by atoms with Gasteiger partial charge in [-0.05, 0) is 30.7 Å². The summed E-state index contributed by atoms with van der Waals surface area (Å²) in [5.74, 6) is -0.446. The van der Waals surface area contributed by atoms with Crippen LogP contribution in [-0.4, -0.2) is 20.0 Å². The van der Waals surface area contributed by atoms with Crippen LogP contribution in [0.2, 0.25) is 0 Å². The highest BCUT2D eigenvalue weighted by Gasteiger charge is 2.32. The Kier molecular flexibility index (Phi) is 3.26. The fourth-order valence-corrected chi connectivity index (χ4v) is 4.08. The molecule has 1 aliphatic heterocycles. The van der Waals surface area contributed by atoms with Crippen molar-refractivity contribution in [1.82, 2.24) is 0 Å². The van der Waals surface area contributed by atoms with Crippen molar-refractivity contribution in [2.24, 2.45) is 0 Å². The van der Waals surface area contributed by atoms with Gasteiger partial charge in [-0.25, -0.2) is 8.42 Å². The van der Waals surface area contributed by atoms with Gasteiger partial charge in [-0.2, -0.15) is 0 Å². The topological polar surface area (TPSA) is 51.2 Å². The fraction of sp³-hybridized carbons (Fsp3) is 0.118. The summed E-state index contributed by atoms with van der Waals surface area (Å²) < 4.78 is 24.6. The second-order valence-electron chi connectivity index (χ2n) is 5.17. The zero-order valence-corrected chi connectivity index (χ0v) is 12.4. The number of fused-ring (bicyclic) bond motifs is 1. The summed E-state index contributed by atoms with van der Waals surface area (Å²) in [6.45, 7) is 1.96. The van der Waals surface area contributed by atoms with Crippen molar-refractivity contribution in [1.29, 1.82) is 0 Å². The molecule has 1 heterocycles. The molecule has 3 rings (SSSR count). The number of benzene rings is 2. The molecule has 0 saturated heterocycles. The van der Waals surface area contributed by atoms with E-state index in [9.17, 15) is 13.2 Å². The van der Waals surface area contributed by atoms with Crippen molar-refractivity contribution >= 4 is 21.7 Å². The van der Waals surface area contributed by atoms with Gasteiger partial charge in [-0.15, -0.1) is 0 Å². The van der Waals surface area contributed by atoms with Crippen LogP contribution in [0.1, 0.15) is 21.5 Å². The van der Waals surface area contributed by atoms with Crippen LogP contribution < -0.4 is 0 Å². The monoisotopic (exact) mass is 298 g/mol. The Balaban J connectivity index is 2.13. The van der Waals surface area contributed by atoms with E-state index in [2.05, 4.69) is 0 Å². The molecule has 0 N–H and O–H groups in total. The molecule has 0 bridgehead atoms. The first-order valence-corrected chi connectivity index (χ1v) is 8.26. The van der Waals surface area contributed by atoms with Crippen LogP contribution >= 0.6 is 0 Å². The minimum absolute atomic E-state index is 0.136. The van der Waals surface area contributed by atoms with E-state index in [1.54, 1.807) is 24.3 Å². The van der Waals surface area contributed by atoms with E-state index in [1.165, 1.54) is 6.07 Å². The Labute approximate surface area is 123 Å². The van der Waals surface area contributed by atoms with E-state index in [0.29, 0.717) is 5.57 Å². The number of aryl methyl sites for hydroxylation is 1. The molecule has 0 spiro atoms. The van der Waals surface area contributed by atoms with Gasteiger partial charge >= 0.3 is 0 Å². The lowest BCUT2D eigenvalue weighted by molar-refractivity contribution is 0.103. The van der Waals surface area contributed by atoms with Gasteiger partial charge in [0.1, 0.15) is 0 Å². The standard InChI is InChI=1S/C17H14O3S/c1-12-5-4-6-13(9-12)10-14-11-21(19,20)16-8-3-2-7-15(16)17(14)18/h2-10H,11H2,1H3/b14-10+. The van der Waals surface area contributed by atoms with Crippen molar-refractivity contribution in [3.8, 4) is 0 Å². The molecule has 0 saturated carbocycles. The van der Waals surface area contributed by atoms with Gasteiger partial charge in [0.2, 0.25) is 0 Å². The molecule has 2 aromatic carbocycles. The maximum absolute atomic E-state index is 12.5. The summed E-state index contributed by atoms with van der Waals surface area (Å²) in [7, 11) is -3.44. The van der Waals surface area contributed by atoms with Gasteiger partial charge in [-0.3, -0.25) is 4.79 Å². The molecule has 0 atom stereocenters. The Morgan fingerprint density at radius 1 is 1.05 bits per heavy atom. The molecule has 2 aromatic rings. The van der Waals surface area contributed by atoms with E-state index in [4.69, 9.17) is 0 Å². The Morgan fingerprint density at radius 3 is 2.57 bits per heavy atom. The lowest BCUT2D eigenvalue weighted by atomic mass is 10.0. The molecule has 4 heteroatoms. The predicted molar refractivity (Wildman–Crippen MR) is 82.0 cm³/mol. The van der Waals surface area contributed by atoms with Crippen LogP contribution in [0.3, 0.4) is 0 Å². The zero-order chi connectivity index (χ0) is 15.0. The second kappa shape index (κ2) is 4.97. The third kappa shape index (κ3) is 2.54. The molecular weight excluding hydrogens is 284 g/mol. The van der Waals surface area contributed by atoms with Crippen LogP contribution in [0.5, 0.6) is 0 Å². The largest absolute Gasteiger partial charge is 0.289 e. The third-order valence-corrected chi connectivity index (χ3v) is 5.20. The van der Waals surface area contributed by atoms with E-state index >= 15 is 0 Å². The van der Waals surface area contributed by atoms with Crippen LogP contribution in [0.25, 0.3) is 6.08 Å². The van der Waals surface area contributed by atoms with Crippen LogP contribution in [0.15, 0.2) is 59.0 Å². The third-order valence-electron chi connectivity index (χ3n) is 3.49. The minimum atomic E-state index is -3.44. The molecule has 106 valence electrons. The maximum atomic E-state index is 12.5.